The molecule has 1 amide bonds. The number of hydrogen-bond donors (Lipinski definition) is 1. The van der Waals surface area contributed by atoms with E-state index >= 15 is 0 Å². The van der Waals surface area contributed by atoms with Gasteiger partial charge in [-0.15, -0.1) is 0 Å². The number of hydrogen-bond acceptors (Lipinski definition) is 2. The topological polar surface area (TPSA) is 46.3 Å². The second-order valence-corrected chi connectivity index (χ2v) is 5.69. The molecule has 0 aliphatic carbocycles. The Morgan fingerprint density at radius 3 is 2.29 bits per heavy atom. The van der Waals surface area contributed by atoms with Gasteiger partial charge in [0.25, 0.3) is 0 Å². The van der Waals surface area contributed by atoms with Gasteiger partial charge in [-0.25, -0.2) is 0 Å². The predicted octanol–water partition coefficient (Wildman–Crippen LogP) is 3.32. The average molecular weight is 301 g/mol. The fourth-order valence-electron chi connectivity index (χ4n) is 2.71. The monoisotopic (exact) mass is 300 g/mol. The van der Waals surface area contributed by atoms with Crippen LogP contribution < -0.4 is 10.6 Å². The van der Waals surface area contributed by atoms with E-state index in [-0.39, 0.29) is 11.9 Å². The molecule has 108 valence electrons. The fraction of sp³-hybridized carbons (Fsp3) is 0.235. The zero-order chi connectivity index (χ0) is 15.0. The molecule has 1 fully saturated rings. The van der Waals surface area contributed by atoms with E-state index in [1.165, 1.54) is 5.56 Å². The Morgan fingerprint density at radius 2 is 1.71 bits per heavy atom. The van der Waals surface area contributed by atoms with Crippen LogP contribution in [0.4, 0.5) is 5.69 Å². The number of amides is 1. The van der Waals surface area contributed by atoms with E-state index in [4.69, 9.17) is 17.3 Å². The van der Waals surface area contributed by atoms with Crippen molar-refractivity contribution in [1.82, 2.24) is 0 Å². The first kappa shape index (κ1) is 14.1. The Kier molecular flexibility index (Phi) is 3.70. The maximum atomic E-state index is 12.1. The molecule has 0 spiro atoms. The largest absolute Gasteiger partial charge is 0.318 e. The average Bonchev–Trinajstić information content (AvgIpc) is 2.53. The number of nitrogens with two attached hydrogens (primary N) is 1. The SMILES string of the molecule is CCc1ccc([C@H]2[C@H](N)C(=O)N2c2ccc(Cl)cc2)cc1. The number of β-lactam (4-membered cyclic amide) rings is 1. The summed E-state index contributed by atoms with van der Waals surface area (Å²) in [7, 11) is 0. The van der Waals surface area contributed by atoms with Crippen LogP contribution >= 0.6 is 11.6 Å². The van der Waals surface area contributed by atoms with Gasteiger partial charge in [0, 0.05) is 10.7 Å². The minimum absolute atomic E-state index is 0.0538. The lowest BCUT2D eigenvalue weighted by Gasteiger charge is -2.45. The number of benzene rings is 2. The third kappa shape index (κ3) is 2.43. The standard InChI is InChI=1S/C17H17ClN2O/c1-2-11-3-5-12(6-4-11)16-15(19)17(21)20(16)14-9-7-13(18)8-10-14/h3-10,15-16H,2,19H2,1H3/t15-,16-/m0/s1. The molecule has 3 rings (SSSR count). The van der Waals surface area contributed by atoms with Crippen molar-refractivity contribution in [2.75, 3.05) is 4.90 Å². The van der Waals surface area contributed by atoms with Gasteiger partial charge >= 0.3 is 0 Å². The second kappa shape index (κ2) is 5.51. The molecule has 2 N–H and O–H groups in total. The fourth-order valence-corrected chi connectivity index (χ4v) is 2.83. The van der Waals surface area contributed by atoms with Gasteiger partial charge in [0.2, 0.25) is 5.91 Å². The van der Waals surface area contributed by atoms with Crippen LogP contribution in [0, 0.1) is 0 Å². The van der Waals surface area contributed by atoms with Crippen LogP contribution in [-0.2, 0) is 11.2 Å². The molecule has 0 aromatic heterocycles. The van der Waals surface area contributed by atoms with Crippen LogP contribution in [0.1, 0.15) is 24.1 Å². The van der Waals surface area contributed by atoms with Crippen molar-refractivity contribution in [1.29, 1.82) is 0 Å². The van der Waals surface area contributed by atoms with Crippen molar-refractivity contribution in [2.24, 2.45) is 5.73 Å². The molecule has 4 heteroatoms. The number of anilines is 1. The maximum absolute atomic E-state index is 12.1. The molecule has 2 aromatic carbocycles. The van der Waals surface area contributed by atoms with E-state index in [0.29, 0.717) is 5.02 Å². The molecule has 1 saturated heterocycles. The van der Waals surface area contributed by atoms with Gasteiger partial charge in [0.1, 0.15) is 6.04 Å². The zero-order valence-corrected chi connectivity index (χ0v) is 12.5. The van der Waals surface area contributed by atoms with E-state index in [1.54, 1.807) is 17.0 Å². The third-order valence-corrected chi connectivity index (χ3v) is 4.23. The molecule has 2 atom stereocenters. The Hall–Kier alpha value is -1.84. The van der Waals surface area contributed by atoms with E-state index < -0.39 is 6.04 Å². The molecule has 2 aromatic rings. The lowest BCUT2D eigenvalue weighted by Crippen LogP contribution is -2.63. The number of aryl methyl sites for hydroxylation is 1. The molecular weight excluding hydrogens is 284 g/mol. The zero-order valence-electron chi connectivity index (χ0n) is 11.8. The van der Waals surface area contributed by atoms with E-state index in [0.717, 1.165) is 17.7 Å². The second-order valence-electron chi connectivity index (χ2n) is 5.25. The lowest BCUT2D eigenvalue weighted by atomic mass is 9.88. The first-order valence-corrected chi connectivity index (χ1v) is 7.42. The summed E-state index contributed by atoms with van der Waals surface area (Å²) < 4.78 is 0. The van der Waals surface area contributed by atoms with Crippen LogP contribution in [0.15, 0.2) is 48.5 Å². The summed E-state index contributed by atoms with van der Waals surface area (Å²) in [6.07, 6.45) is 0.997. The van der Waals surface area contributed by atoms with Gasteiger partial charge in [-0.2, -0.15) is 0 Å². The van der Waals surface area contributed by atoms with Gasteiger partial charge in [-0.1, -0.05) is 42.8 Å². The molecule has 1 aliphatic rings. The number of rotatable bonds is 3. The first-order valence-electron chi connectivity index (χ1n) is 7.05. The van der Waals surface area contributed by atoms with Crippen molar-refractivity contribution in [3.63, 3.8) is 0 Å². The number of nitrogens with zero attached hydrogens (tertiary/aromatic N) is 1. The summed E-state index contributed by atoms with van der Waals surface area (Å²) in [6.45, 7) is 2.12. The Labute approximate surface area is 129 Å². The van der Waals surface area contributed by atoms with E-state index in [1.807, 2.05) is 12.1 Å². The summed E-state index contributed by atoms with van der Waals surface area (Å²) in [5, 5.41) is 0.653. The molecule has 3 nitrogen and oxygen atoms in total. The molecule has 1 aliphatic heterocycles. The number of halogens is 1. The summed E-state index contributed by atoms with van der Waals surface area (Å²) >= 11 is 5.90. The molecule has 0 bridgehead atoms. The van der Waals surface area contributed by atoms with Gasteiger partial charge in [-0.05, 0) is 41.8 Å². The van der Waals surface area contributed by atoms with Gasteiger partial charge < -0.3 is 10.6 Å². The molecule has 1 heterocycles. The highest BCUT2D eigenvalue weighted by Crippen LogP contribution is 2.38. The highest BCUT2D eigenvalue weighted by atomic mass is 35.5. The van der Waals surface area contributed by atoms with E-state index in [9.17, 15) is 4.79 Å². The van der Waals surface area contributed by atoms with Crippen LogP contribution in [-0.4, -0.2) is 11.9 Å². The van der Waals surface area contributed by atoms with Gasteiger partial charge in [0.05, 0.1) is 6.04 Å². The molecule has 0 unspecified atom stereocenters. The lowest BCUT2D eigenvalue weighted by molar-refractivity contribution is -0.126. The van der Waals surface area contributed by atoms with E-state index in [2.05, 4.69) is 31.2 Å². The van der Waals surface area contributed by atoms with Crippen molar-refractivity contribution in [2.45, 2.75) is 25.4 Å². The minimum Gasteiger partial charge on any atom is -0.318 e. The Bertz CT molecular complexity index is 651. The molecular formula is C17H17ClN2O. The quantitative estimate of drug-likeness (QED) is 0.884. The highest BCUT2D eigenvalue weighted by Gasteiger charge is 2.46. The summed E-state index contributed by atoms with van der Waals surface area (Å²) in [5.41, 5.74) is 9.18. The van der Waals surface area contributed by atoms with Crippen LogP contribution in [0.3, 0.4) is 0 Å². The highest BCUT2D eigenvalue weighted by molar-refractivity contribution is 6.30. The third-order valence-electron chi connectivity index (χ3n) is 3.98. The van der Waals surface area contributed by atoms with Crippen molar-refractivity contribution in [3.05, 3.63) is 64.7 Å². The Morgan fingerprint density at radius 1 is 1.10 bits per heavy atom. The minimum atomic E-state index is -0.479. The molecule has 0 radical (unpaired) electrons. The number of carbonyl (C=O) groups excluding carboxylic acids is 1. The van der Waals surface area contributed by atoms with Crippen molar-refractivity contribution >= 4 is 23.2 Å². The summed E-state index contributed by atoms with van der Waals surface area (Å²) in [6, 6.07) is 15.0. The summed E-state index contributed by atoms with van der Waals surface area (Å²) in [5.74, 6) is -0.0538. The summed E-state index contributed by atoms with van der Waals surface area (Å²) in [4.78, 5) is 13.9. The smallest absolute Gasteiger partial charge is 0.247 e. The first-order chi connectivity index (χ1) is 10.1. The van der Waals surface area contributed by atoms with Gasteiger partial charge in [0.15, 0.2) is 0 Å². The maximum Gasteiger partial charge on any atom is 0.247 e. The molecule has 21 heavy (non-hydrogen) atoms. The van der Waals surface area contributed by atoms with Crippen LogP contribution in [0.5, 0.6) is 0 Å². The number of carbonyl (C=O) groups is 1. The van der Waals surface area contributed by atoms with Crippen LogP contribution in [0.25, 0.3) is 0 Å². The normalized spacial score (nSPS) is 21.3. The Balaban J connectivity index is 1.92. The predicted molar refractivity (Wildman–Crippen MR) is 85.5 cm³/mol. The van der Waals surface area contributed by atoms with Gasteiger partial charge in [-0.3, -0.25) is 4.79 Å². The van der Waals surface area contributed by atoms with Crippen LogP contribution in [0.2, 0.25) is 5.02 Å². The van der Waals surface area contributed by atoms with Crippen molar-refractivity contribution in [3.8, 4) is 0 Å². The molecule has 0 saturated carbocycles. The van der Waals surface area contributed by atoms with Crippen molar-refractivity contribution < 1.29 is 4.79 Å².